The maximum absolute atomic E-state index is 12.6. The third-order valence-corrected chi connectivity index (χ3v) is 7.06. The van der Waals surface area contributed by atoms with E-state index in [4.69, 9.17) is 13.8 Å². The predicted octanol–water partition coefficient (Wildman–Crippen LogP) is 1.98. The first-order valence-electron chi connectivity index (χ1n) is 6.22. The standard InChI is InChI=1S/C10H23O7PS/c1-5-14-9-10(19(12,13)17-8-4)18(11,15-6-2)16-7-3/h10H,5-9H2,1-4H3. The predicted molar refractivity (Wildman–Crippen MR) is 71.7 cm³/mol. The lowest BCUT2D eigenvalue weighted by Crippen LogP contribution is -2.30. The van der Waals surface area contributed by atoms with Gasteiger partial charge in [-0.25, -0.2) is 0 Å². The fourth-order valence-corrected chi connectivity index (χ4v) is 5.33. The first-order chi connectivity index (χ1) is 8.87. The van der Waals surface area contributed by atoms with E-state index in [0.29, 0.717) is 0 Å². The van der Waals surface area contributed by atoms with Crippen LogP contribution in [0.25, 0.3) is 0 Å². The second kappa shape index (κ2) is 9.05. The van der Waals surface area contributed by atoms with Crippen LogP contribution in [0.15, 0.2) is 0 Å². The SMILES string of the molecule is CCOCC(P(=O)(OCC)OCC)S(=O)(=O)OCC. The zero-order valence-corrected chi connectivity index (χ0v) is 13.5. The van der Waals surface area contributed by atoms with Crippen molar-refractivity contribution in [2.24, 2.45) is 0 Å². The average molecular weight is 318 g/mol. The highest BCUT2D eigenvalue weighted by Crippen LogP contribution is 2.55. The Morgan fingerprint density at radius 1 is 0.947 bits per heavy atom. The van der Waals surface area contributed by atoms with E-state index in [9.17, 15) is 13.0 Å². The molecule has 0 heterocycles. The van der Waals surface area contributed by atoms with Crippen molar-refractivity contribution < 1.29 is 31.0 Å². The minimum atomic E-state index is -4.08. The van der Waals surface area contributed by atoms with Crippen LogP contribution in [-0.4, -0.2) is 46.4 Å². The highest BCUT2D eigenvalue weighted by molar-refractivity contribution is 7.94. The first kappa shape index (κ1) is 19.0. The molecule has 0 rings (SSSR count). The van der Waals surface area contributed by atoms with Gasteiger partial charge in [-0.1, -0.05) is 0 Å². The van der Waals surface area contributed by atoms with E-state index in [1.165, 1.54) is 6.92 Å². The molecule has 1 unspecified atom stereocenters. The molecule has 0 aromatic carbocycles. The van der Waals surface area contributed by atoms with Crippen LogP contribution in [0.2, 0.25) is 0 Å². The van der Waals surface area contributed by atoms with Gasteiger partial charge >= 0.3 is 7.60 Å². The molecule has 0 aromatic rings. The number of hydrogen-bond acceptors (Lipinski definition) is 7. The third-order valence-electron chi connectivity index (χ3n) is 2.05. The van der Waals surface area contributed by atoms with E-state index in [1.807, 2.05) is 0 Å². The molecule has 0 aliphatic carbocycles. The summed E-state index contributed by atoms with van der Waals surface area (Å²) in [6.45, 7) is 6.53. The molecule has 0 aliphatic heterocycles. The second-order valence-electron chi connectivity index (χ2n) is 3.39. The minimum Gasteiger partial charge on any atom is -0.380 e. The Morgan fingerprint density at radius 3 is 1.84 bits per heavy atom. The molecule has 19 heavy (non-hydrogen) atoms. The van der Waals surface area contributed by atoms with Gasteiger partial charge in [0.05, 0.1) is 26.4 Å². The van der Waals surface area contributed by atoms with Crippen molar-refractivity contribution in [3.05, 3.63) is 0 Å². The van der Waals surface area contributed by atoms with Crippen molar-refractivity contribution >= 4 is 17.7 Å². The van der Waals surface area contributed by atoms with Gasteiger partial charge in [-0.15, -0.1) is 0 Å². The molecule has 0 saturated carbocycles. The Labute approximate surface area is 115 Å². The topological polar surface area (TPSA) is 88.1 Å². The summed E-state index contributed by atoms with van der Waals surface area (Å²) in [5, 5.41) is 0. The van der Waals surface area contributed by atoms with Crippen LogP contribution in [-0.2, 0) is 32.7 Å². The zero-order chi connectivity index (χ0) is 14.9. The molecule has 1 atom stereocenters. The average Bonchev–Trinajstić information content (AvgIpc) is 2.29. The van der Waals surface area contributed by atoms with Gasteiger partial charge in [-0.3, -0.25) is 8.75 Å². The number of hydrogen-bond donors (Lipinski definition) is 0. The Balaban J connectivity index is 5.35. The molecular formula is C10H23O7PS. The van der Waals surface area contributed by atoms with Gasteiger partial charge in [0.15, 0.2) is 0 Å². The normalized spacial score (nSPS) is 14.5. The molecule has 116 valence electrons. The van der Waals surface area contributed by atoms with Gasteiger partial charge in [0.2, 0.25) is 4.99 Å². The Bertz CT molecular complexity index is 371. The van der Waals surface area contributed by atoms with Gasteiger partial charge in [0.25, 0.3) is 10.1 Å². The minimum absolute atomic E-state index is 0.0524. The lowest BCUT2D eigenvalue weighted by atomic mass is 10.8. The van der Waals surface area contributed by atoms with Crippen LogP contribution in [0.4, 0.5) is 0 Å². The van der Waals surface area contributed by atoms with Crippen LogP contribution in [0.5, 0.6) is 0 Å². The summed E-state index contributed by atoms with van der Waals surface area (Å²) in [5.74, 6) is 0. The fraction of sp³-hybridized carbons (Fsp3) is 1.00. The maximum Gasteiger partial charge on any atom is 0.353 e. The Morgan fingerprint density at radius 2 is 1.47 bits per heavy atom. The Hall–Kier alpha value is 0.0200. The molecule has 7 nitrogen and oxygen atoms in total. The van der Waals surface area contributed by atoms with Gasteiger partial charge < -0.3 is 13.8 Å². The Kier molecular flexibility index (Phi) is 9.06. The summed E-state index contributed by atoms with van der Waals surface area (Å²) >= 11 is 0. The third kappa shape index (κ3) is 5.89. The van der Waals surface area contributed by atoms with E-state index in [-0.39, 0.29) is 33.0 Å². The fourth-order valence-electron chi connectivity index (χ4n) is 1.36. The molecule has 0 spiro atoms. The van der Waals surface area contributed by atoms with Crippen LogP contribution in [0.1, 0.15) is 27.7 Å². The van der Waals surface area contributed by atoms with Crippen molar-refractivity contribution in [3.8, 4) is 0 Å². The van der Waals surface area contributed by atoms with E-state index in [2.05, 4.69) is 4.18 Å². The lowest BCUT2D eigenvalue weighted by molar-refractivity contribution is 0.141. The largest absolute Gasteiger partial charge is 0.380 e. The van der Waals surface area contributed by atoms with Crippen molar-refractivity contribution in [1.29, 1.82) is 0 Å². The van der Waals surface area contributed by atoms with Crippen LogP contribution >= 0.6 is 7.60 Å². The number of rotatable bonds is 11. The van der Waals surface area contributed by atoms with E-state index in [0.717, 1.165) is 0 Å². The smallest absolute Gasteiger partial charge is 0.353 e. The molecule has 0 N–H and O–H groups in total. The van der Waals surface area contributed by atoms with E-state index in [1.54, 1.807) is 20.8 Å². The van der Waals surface area contributed by atoms with Gasteiger partial charge in [0.1, 0.15) is 0 Å². The molecule has 0 bridgehead atoms. The molecule has 0 saturated heterocycles. The second-order valence-corrected chi connectivity index (χ2v) is 7.75. The summed E-state index contributed by atoms with van der Waals surface area (Å²) in [5.41, 5.74) is 0. The van der Waals surface area contributed by atoms with Gasteiger partial charge in [-0.2, -0.15) is 8.42 Å². The van der Waals surface area contributed by atoms with Gasteiger partial charge in [-0.05, 0) is 27.7 Å². The lowest BCUT2D eigenvalue weighted by Gasteiger charge is -2.25. The summed E-state index contributed by atoms with van der Waals surface area (Å²) in [6, 6.07) is 0. The van der Waals surface area contributed by atoms with Crippen LogP contribution in [0.3, 0.4) is 0 Å². The summed E-state index contributed by atoms with van der Waals surface area (Å²) in [7, 11) is -7.93. The monoisotopic (exact) mass is 318 g/mol. The summed E-state index contributed by atoms with van der Waals surface area (Å²) in [4.78, 5) is -1.47. The summed E-state index contributed by atoms with van der Waals surface area (Å²) < 4.78 is 56.4. The van der Waals surface area contributed by atoms with Crippen molar-refractivity contribution in [2.75, 3.05) is 33.0 Å². The highest BCUT2D eigenvalue weighted by atomic mass is 32.2. The number of ether oxygens (including phenoxy) is 1. The van der Waals surface area contributed by atoms with Crippen molar-refractivity contribution in [3.63, 3.8) is 0 Å². The zero-order valence-electron chi connectivity index (χ0n) is 11.8. The van der Waals surface area contributed by atoms with E-state index < -0.39 is 22.7 Å². The van der Waals surface area contributed by atoms with E-state index >= 15 is 0 Å². The molecule has 0 aliphatic rings. The maximum atomic E-state index is 12.6. The van der Waals surface area contributed by atoms with Crippen molar-refractivity contribution in [1.82, 2.24) is 0 Å². The quantitative estimate of drug-likeness (QED) is 0.425. The first-order valence-corrected chi connectivity index (χ1v) is 9.30. The molecule has 0 radical (unpaired) electrons. The van der Waals surface area contributed by atoms with Gasteiger partial charge in [0, 0.05) is 6.61 Å². The van der Waals surface area contributed by atoms with Crippen LogP contribution in [0, 0.1) is 0 Å². The molecule has 0 fully saturated rings. The molecule has 9 heteroatoms. The van der Waals surface area contributed by atoms with Crippen molar-refractivity contribution in [2.45, 2.75) is 32.7 Å². The van der Waals surface area contributed by atoms with Crippen LogP contribution < -0.4 is 0 Å². The summed E-state index contributed by atoms with van der Waals surface area (Å²) in [6.07, 6.45) is 0. The highest BCUT2D eigenvalue weighted by Gasteiger charge is 2.46. The molecular weight excluding hydrogens is 295 g/mol. The molecule has 0 amide bonds. The molecule has 0 aromatic heterocycles.